The molecule has 36 heavy (non-hydrogen) atoms. The van der Waals surface area contributed by atoms with Crippen LogP contribution in [-0.4, -0.2) is 36.8 Å². The third-order valence-electron chi connectivity index (χ3n) is 5.91. The molecule has 3 aromatic rings. The molecule has 0 radical (unpaired) electrons. The van der Waals surface area contributed by atoms with Crippen LogP contribution in [0.4, 0.5) is 5.69 Å². The van der Waals surface area contributed by atoms with Crippen LogP contribution in [0.15, 0.2) is 53.4 Å². The van der Waals surface area contributed by atoms with Gasteiger partial charge in [0, 0.05) is 13.5 Å². The first kappa shape index (κ1) is 25.6. The molecule has 9 nitrogen and oxygen atoms in total. The highest BCUT2D eigenvalue weighted by molar-refractivity contribution is 7.93. The number of nitrogens with zero attached hydrogens (tertiary/aromatic N) is 3. The van der Waals surface area contributed by atoms with Gasteiger partial charge in [0.15, 0.2) is 4.90 Å². The molecule has 10 heteroatoms. The molecule has 0 spiro atoms. The van der Waals surface area contributed by atoms with Crippen LogP contribution >= 0.6 is 0 Å². The van der Waals surface area contributed by atoms with Gasteiger partial charge >= 0.3 is 0 Å². The van der Waals surface area contributed by atoms with Crippen LogP contribution < -0.4 is 19.5 Å². The summed E-state index contributed by atoms with van der Waals surface area (Å²) in [6, 6.07) is 15.3. The number of aromatic nitrogens is 2. The highest BCUT2D eigenvalue weighted by atomic mass is 32.2. The van der Waals surface area contributed by atoms with Gasteiger partial charge in [-0.25, -0.2) is 8.42 Å². The van der Waals surface area contributed by atoms with Crippen molar-refractivity contribution in [3.63, 3.8) is 0 Å². The predicted molar refractivity (Wildman–Crippen MR) is 137 cm³/mol. The molecule has 0 saturated heterocycles. The Morgan fingerprint density at radius 3 is 2.64 bits per heavy atom. The van der Waals surface area contributed by atoms with Crippen LogP contribution in [0.25, 0.3) is 0 Å². The number of rotatable bonds is 5. The number of ether oxygens (including phenoxy) is 2. The third kappa shape index (κ3) is 5.48. The quantitative estimate of drug-likeness (QED) is 0.559. The molecule has 1 aromatic heterocycles. The third-order valence-corrected chi connectivity index (χ3v) is 7.77. The summed E-state index contributed by atoms with van der Waals surface area (Å²) in [5.41, 5.74) is 7.70. The molecule has 192 valence electrons. The molecule has 2 aromatic carbocycles. The van der Waals surface area contributed by atoms with Gasteiger partial charge in [-0.1, -0.05) is 36.4 Å². The molecule has 3 heterocycles. The van der Waals surface area contributed by atoms with Crippen molar-refractivity contribution in [2.45, 2.75) is 64.2 Å². The summed E-state index contributed by atoms with van der Waals surface area (Å²) in [4.78, 5) is 9.41. The summed E-state index contributed by atoms with van der Waals surface area (Å²) < 4.78 is 43.4. The molecule has 0 fully saturated rings. The minimum atomic E-state index is -3.91. The molecular formula is C26H32N4O5S. The van der Waals surface area contributed by atoms with E-state index in [0.29, 0.717) is 24.4 Å². The summed E-state index contributed by atoms with van der Waals surface area (Å²) in [6.07, 6.45) is 2.31. The Labute approximate surface area is 211 Å². The molecular weight excluding hydrogens is 480 g/mol. The SMILES string of the molecule is CC(N)=O.Cc1ccc2c(c1)N(S(=O)(=O)c1c(OCc3ccccc3)nn3c1CCCC3)C[C@H](C)O2. The van der Waals surface area contributed by atoms with Gasteiger partial charge in [-0.2, -0.15) is 0 Å². The lowest BCUT2D eigenvalue weighted by Crippen LogP contribution is -2.42. The Balaban J connectivity index is 0.000000709. The molecule has 2 aliphatic heterocycles. The maximum atomic E-state index is 14.1. The van der Waals surface area contributed by atoms with Crippen LogP contribution in [0.2, 0.25) is 0 Å². The maximum Gasteiger partial charge on any atom is 0.271 e. The van der Waals surface area contributed by atoms with E-state index < -0.39 is 10.0 Å². The van der Waals surface area contributed by atoms with Gasteiger partial charge in [0.05, 0.1) is 17.9 Å². The van der Waals surface area contributed by atoms with E-state index >= 15 is 0 Å². The highest BCUT2D eigenvalue weighted by Gasteiger charge is 2.39. The van der Waals surface area contributed by atoms with E-state index in [-0.39, 0.29) is 35.9 Å². The van der Waals surface area contributed by atoms with Crippen molar-refractivity contribution in [1.29, 1.82) is 0 Å². The first-order valence-corrected chi connectivity index (χ1v) is 13.4. The Bertz CT molecular complexity index is 1330. The maximum absolute atomic E-state index is 14.1. The van der Waals surface area contributed by atoms with Crippen molar-refractivity contribution in [2.75, 3.05) is 10.8 Å². The second kappa shape index (κ2) is 10.6. The summed E-state index contributed by atoms with van der Waals surface area (Å²) in [5.74, 6) is 0.421. The number of aryl methyl sites for hydroxylation is 2. The minimum Gasteiger partial charge on any atom is -0.487 e. The lowest BCUT2D eigenvalue weighted by Gasteiger charge is -2.34. The lowest BCUT2D eigenvalue weighted by atomic mass is 10.1. The van der Waals surface area contributed by atoms with Gasteiger partial charge in [0.2, 0.25) is 5.91 Å². The second-order valence-electron chi connectivity index (χ2n) is 9.08. The first-order valence-electron chi connectivity index (χ1n) is 12.0. The minimum absolute atomic E-state index is 0.180. The van der Waals surface area contributed by atoms with E-state index in [4.69, 9.17) is 9.47 Å². The van der Waals surface area contributed by atoms with Crippen LogP contribution in [-0.2, 0) is 34.4 Å². The molecule has 5 rings (SSSR count). The smallest absolute Gasteiger partial charge is 0.271 e. The lowest BCUT2D eigenvalue weighted by molar-refractivity contribution is -0.115. The zero-order valence-corrected chi connectivity index (χ0v) is 21.6. The van der Waals surface area contributed by atoms with Crippen molar-refractivity contribution in [3.8, 4) is 11.6 Å². The summed E-state index contributed by atoms with van der Waals surface area (Å²) in [5, 5.41) is 4.58. The standard InChI is InChI=1S/C24H27N3O4S.C2H5NO/c1-17-11-12-22-21(14-17)27(15-18(2)31-22)32(28,29)23-20-10-6-7-13-26(20)25-24(23)30-16-19-8-4-3-5-9-19;1-2(3)4/h3-5,8-9,11-12,14,18H,6-7,10,13,15-16H2,1-2H3;1H3,(H2,3,4)/t18-;/m0./s1. The molecule has 1 amide bonds. The number of primary amides is 1. The van der Waals surface area contributed by atoms with Gasteiger partial charge in [-0.3, -0.25) is 13.8 Å². The summed E-state index contributed by atoms with van der Waals surface area (Å²) >= 11 is 0. The van der Waals surface area contributed by atoms with Crippen molar-refractivity contribution in [3.05, 3.63) is 65.4 Å². The van der Waals surface area contributed by atoms with E-state index in [0.717, 1.165) is 29.7 Å². The Morgan fingerprint density at radius 1 is 1.19 bits per heavy atom. The van der Waals surface area contributed by atoms with Crippen LogP contribution in [0.5, 0.6) is 11.6 Å². The van der Waals surface area contributed by atoms with Gasteiger partial charge < -0.3 is 15.2 Å². The highest BCUT2D eigenvalue weighted by Crippen LogP contribution is 2.41. The fourth-order valence-corrected chi connectivity index (χ4v) is 6.22. The second-order valence-corrected chi connectivity index (χ2v) is 10.9. The van der Waals surface area contributed by atoms with E-state index in [2.05, 4.69) is 10.8 Å². The number of hydrogen-bond donors (Lipinski definition) is 1. The van der Waals surface area contributed by atoms with Crippen LogP contribution in [0.3, 0.4) is 0 Å². The molecule has 1 atom stereocenters. The Hall–Kier alpha value is -3.53. The molecule has 0 saturated carbocycles. The monoisotopic (exact) mass is 512 g/mol. The van der Waals surface area contributed by atoms with Crippen molar-refractivity contribution < 1.29 is 22.7 Å². The summed E-state index contributed by atoms with van der Waals surface area (Å²) in [6.45, 7) is 6.32. The topological polar surface area (TPSA) is 117 Å². The number of amides is 1. The molecule has 0 aliphatic carbocycles. The number of fused-ring (bicyclic) bond motifs is 2. The van der Waals surface area contributed by atoms with Gasteiger partial charge in [0.1, 0.15) is 18.5 Å². The fraction of sp³-hybridized carbons (Fsp3) is 0.385. The van der Waals surface area contributed by atoms with Gasteiger partial charge in [-0.15, -0.1) is 5.10 Å². The zero-order valence-electron chi connectivity index (χ0n) is 20.8. The average molecular weight is 513 g/mol. The first-order chi connectivity index (χ1) is 17.2. The average Bonchev–Trinajstić information content (AvgIpc) is 3.22. The van der Waals surface area contributed by atoms with Crippen molar-refractivity contribution >= 4 is 21.6 Å². The van der Waals surface area contributed by atoms with E-state index in [1.54, 1.807) is 4.68 Å². The van der Waals surface area contributed by atoms with Gasteiger partial charge in [-0.05, 0) is 56.4 Å². The Kier molecular flexibility index (Phi) is 7.53. The van der Waals surface area contributed by atoms with Crippen molar-refractivity contribution in [2.24, 2.45) is 5.73 Å². The van der Waals surface area contributed by atoms with Crippen molar-refractivity contribution in [1.82, 2.24) is 9.78 Å². The Morgan fingerprint density at radius 2 is 1.92 bits per heavy atom. The number of benzene rings is 2. The number of anilines is 1. The molecule has 0 bridgehead atoms. The number of carbonyl (C=O) groups is 1. The van der Waals surface area contributed by atoms with E-state index in [1.807, 2.05) is 62.4 Å². The summed E-state index contributed by atoms with van der Waals surface area (Å²) in [7, 11) is -3.91. The molecule has 0 unspecified atom stereocenters. The number of hydrogen-bond acceptors (Lipinski definition) is 6. The zero-order chi connectivity index (χ0) is 25.9. The van der Waals surface area contributed by atoms with Gasteiger partial charge in [0.25, 0.3) is 15.9 Å². The molecule has 2 aliphatic rings. The largest absolute Gasteiger partial charge is 0.487 e. The normalized spacial score (nSPS) is 16.6. The number of sulfonamides is 1. The fourth-order valence-electron chi connectivity index (χ4n) is 4.36. The number of nitrogens with two attached hydrogens (primary N) is 1. The van der Waals surface area contributed by atoms with E-state index in [1.165, 1.54) is 11.2 Å². The predicted octanol–water partition coefficient (Wildman–Crippen LogP) is 3.57. The van der Waals surface area contributed by atoms with Crippen LogP contribution in [0, 0.1) is 6.92 Å². The number of carbonyl (C=O) groups excluding carboxylic acids is 1. The van der Waals surface area contributed by atoms with Crippen LogP contribution in [0.1, 0.15) is 43.5 Å². The molecule has 2 N–H and O–H groups in total. The van der Waals surface area contributed by atoms with E-state index in [9.17, 15) is 13.2 Å².